The van der Waals surface area contributed by atoms with E-state index in [0.717, 1.165) is 4.90 Å². The zero-order valence-electron chi connectivity index (χ0n) is 13.4. The molecule has 1 N–H and O–H groups in total. The first kappa shape index (κ1) is 18.9. The number of nitrogens with zero attached hydrogens (tertiary/aromatic N) is 1. The number of ether oxygens (including phenoxy) is 2. The van der Waals surface area contributed by atoms with E-state index >= 15 is 0 Å². The number of hydrogen-bond donors (Lipinski definition) is 1. The highest BCUT2D eigenvalue weighted by Crippen LogP contribution is 2.21. The summed E-state index contributed by atoms with van der Waals surface area (Å²) < 4.78 is 10.1. The van der Waals surface area contributed by atoms with E-state index in [2.05, 4.69) is 20.7 Å². The minimum Gasteiger partial charge on any atom is -0.465 e. The van der Waals surface area contributed by atoms with Gasteiger partial charge in [0.2, 0.25) is 0 Å². The van der Waals surface area contributed by atoms with Crippen LogP contribution in [0.4, 0.5) is 4.79 Å². The number of methoxy groups -OCH3 is 1. The number of halogens is 1. The van der Waals surface area contributed by atoms with Crippen LogP contribution in [-0.4, -0.2) is 60.1 Å². The van der Waals surface area contributed by atoms with Crippen LogP contribution in [0.3, 0.4) is 0 Å². The topological polar surface area (TPSA) is 110 Å². The molecule has 134 valence electrons. The second-order valence-corrected chi connectivity index (χ2v) is 6.21. The van der Waals surface area contributed by atoms with Gasteiger partial charge in [0.05, 0.1) is 12.7 Å². The molecule has 1 aliphatic heterocycles. The van der Waals surface area contributed by atoms with Crippen molar-refractivity contribution >= 4 is 39.7 Å². The third kappa shape index (κ3) is 4.36. The van der Waals surface area contributed by atoms with Gasteiger partial charge in [0.1, 0.15) is 6.04 Å². The van der Waals surface area contributed by atoms with E-state index in [9.17, 15) is 19.2 Å². The van der Waals surface area contributed by atoms with Crippen LogP contribution < -0.4 is 0 Å². The van der Waals surface area contributed by atoms with Gasteiger partial charge in [-0.15, -0.1) is 0 Å². The molecule has 0 radical (unpaired) electrons. The second kappa shape index (κ2) is 8.11. The zero-order chi connectivity index (χ0) is 18.6. The lowest BCUT2D eigenvalue weighted by Gasteiger charge is -2.19. The first-order valence-corrected chi connectivity index (χ1v) is 8.21. The molecule has 0 aliphatic carbocycles. The summed E-state index contributed by atoms with van der Waals surface area (Å²) in [5, 5.41) is 9.02. The van der Waals surface area contributed by atoms with E-state index in [-0.39, 0.29) is 17.7 Å². The number of benzene rings is 1. The largest absolute Gasteiger partial charge is 0.465 e. The molecule has 1 unspecified atom stereocenters. The molecule has 2 rings (SSSR count). The van der Waals surface area contributed by atoms with E-state index < -0.39 is 36.5 Å². The molecule has 1 aromatic rings. The molecule has 0 bridgehead atoms. The molecule has 1 atom stereocenters. The fourth-order valence-corrected chi connectivity index (χ4v) is 2.93. The quantitative estimate of drug-likeness (QED) is 0.581. The third-order valence-electron chi connectivity index (χ3n) is 3.81. The van der Waals surface area contributed by atoms with E-state index in [0.29, 0.717) is 17.3 Å². The normalized spacial score (nSPS) is 16.4. The van der Waals surface area contributed by atoms with Crippen molar-refractivity contribution in [3.63, 3.8) is 0 Å². The summed E-state index contributed by atoms with van der Waals surface area (Å²) in [6.07, 6.45) is -0.263. The Morgan fingerprint density at radius 2 is 2.04 bits per heavy atom. The van der Waals surface area contributed by atoms with Crippen molar-refractivity contribution in [2.75, 3.05) is 20.3 Å². The van der Waals surface area contributed by atoms with Crippen molar-refractivity contribution < 1.29 is 33.8 Å². The van der Waals surface area contributed by atoms with Crippen molar-refractivity contribution in [1.29, 1.82) is 0 Å². The van der Waals surface area contributed by atoms with Crippen LogP contribution in [0.25, 0.3) is 0 Å². The highest BCUT2D eigenvalue weighted by Gasteiger charge is 2.35. The Bertz CT molecular complexity index is 718. The average molecular weight is 414 g/mol. The van der Waals surface area contributed by atoms with Crippen LogP contribution in [0.2, 0.25) is 0 Å². The fourth-order valence-electron chi connectivity index (χ4n) is 2.52. The molecular weight excluding hydrogens is 398 g/mol. The molecule has 0 spiro atoms. The molecular formula is C16H16BrNO7. The van der Waals surface area contributed by atoms with Crippen molar-refractivity contribution in [3.05, 3.63) is 33.8 Å². The highest BCUT2D eigenvalue weighted by molar-refractivity contribution is 9.10. The summed E-state index contributed by atoms with van der Waals surface area (Å²) in [5.41, 5.74) is 0.352. The lowest BCUT2D eigenvalue weighted by atomic mass is 10.1. The van der Waals surface area contributed by atoms with Gasteiger partial charge < -0.3 is 14.6 Å². The Kier molecular flexibility index (Phi) is 6.13. The maximum absolute atomic E-state index is 12.2. The SMILES string of the molecule is COC(=O)c1cc(C(=O)COC(=O)C2CCCN2C(=O)O)ccc1Br. The van der Waals surface area contributed by atoms with Crippen LogP contribution in [0.5, 0.6) is 0 Å². The maximum Gasteiger partial charge on any atom is 0.408 e. The van der Waals surface area contributed by atoms with Gasteiger partial charge in [0.25, 0.3) is 0 Å². The maximum atomic E-state index is 12.2. The number of Topliss-reactive ketones (excluding diaryl/α,β-unsaturated/α-hetero) is 1. The number of ketones is 1. The molecule has 8 nitrogen and oxygen atoms in total. The van der Waals surface area contributed by atoms with Gasteiger partial charge in [-0.2, -0.15) is 0 Å². The van der Waals surface area contributed by atoms with E-state index in [1.54, 1.807) is 0 Å². The minimum atomic E-state index is -1.19. The predicted molar refractivity (Wildman–Crippen MR) is 88.5 cm³/mol. The molecule has 1 fully saturated rings. The molecule has 1 aromatic carbocycles. The summed E-state index contributed by atoms with van der Waals surface area (Å²) in [5.74, 6) is -1.87. The molecule has 0 saturated carbocycles. The zero-order valence-corrected chi connectivity index (χ0v) is 14.9. The number of rotatable bonds is 5. The molecule has 1 heterocycles. The monoisotopic (exact) mass is 413 g/mol. The molecule has 25 heavy (non-hydrogen) atoms. The first-order valence-electron chi connectivity index (χ1n) is 7.42. The predicted octanol–water partition coefficient (Wildman–Crippen LogP) is 2.10. The summed E-state index contributed by atoms with van der Waals surface area (Å²) >= 11 is 3.19. The Morgan fingerprint density at radius 1 is 1.32 bits per heavy atom. The lowest BCUT2D eigenvalue weighted by Crippen LogP contribution is -2.41. The van der Waals surface area contributed by atoms with Crippen molar-refractivity contribution in [3.8, 4) is 0 Å². The Morgan fingerprint density at radius 3 is 2.68 bits per heavy atom. The number of carbonyl (C=O) groups is 4. The van der Waals surface area contributed by atoms with E-state index in [1.807, 2.05) is 0 Å². The Balaban J connectivity index is 2.02. The number of carboxylic acid groups (broad SMARTS) is 1. The van der Waals surface area contributed by atoms with Gasteiger partial charge in [0.15, 0.2) is 12.4 Å². The van der Waals surface area contributed by atoms with Crippen LogP contribution >= 0.6 is 15.9 Å². The van der Waals surface area contributed by atoms with Gasteiger partial charge in [0, 0.05) is 16.6 Å². The Labute approximate surface area is 151 Å². The Hall–Kier alpha value is -2.42. The van der Waals surface area contributed by atoms with Crippen molar-refractivity contribution in [2.45, 2.75) is 18.9 Å². The smallest absolute Gasteiger partial charge is 0.408 e. The van der Waals surface area contributed by atoms with Crippen LogP contribution in [0.1, 0.15) is 33.6 Å². The van der Waals surface area contributed by atoms with Crippen molar-refractivity contribution in [2.24, 2.45) is 0 Å². The van der Waals surface area contributed by atoms with Gasteiger partial charge in [-0.05, 0) is 40.9 Å². The van der Waals surface area contributed by atoms with Crippen LogP contribution in [0, 0.1) is 0 Å². The standard InChI is InChI=1S/C16H16BrNO7/c1-24-14(20)10-7-9(4-5-11(10)17)13(19)8-25-15(21)12-3-2-6-18(12)16(22)23/h4-5,7,12H,2-3,6,8H2,1H3,(H,22,23). The summed E-state index contributed by atoms with van der Waals surface area (Å²) in [7, 11) is 1.22. The summed E-state index contributed by atoms with van der Waals surface area (Å²) in [6.45, 7) is -0.275. The third-order valence-corrected chi connectivity index (χ3v) is 4.50. The van der Waals surface area contributed by atoms with Gasteiger partial charge >= 0.3 is 18.0 Å². The van der Waals surface area contributed by atoms with Crippen LogP contribution in [0.15, 0.2) is 22.7 Å². The number of esters is 2. The van der Waals surface area contributed by atoms with E-state index in [1.165, 1.54) is 25.3 Å². The summed E-state index contributed by atoms with van der Waals surface area (Å²) in [4.78, 5) is 47.9. The molecule has 1 aliphatic rings. The molecule has 9 heteroatoms. The van der Waals surface area contributed by atoms with Gasteiger partial charge in [-0.1, -0.05) is 6.07 Å². The number of carbonyl (C=O) groups excluding carboxylic acids is 3. The molecule has 1 amide bonds. The number of likely N-dealkylation sites (tertiary alicyclic amines) is 1. The molecule has 0 aromatic heterocycles. The van der Waals surface area contributed by atoms with E-state index in [4.69, 9.17) is 9.84 Å². The first-order chi connectivity index (χ1) is 11.8. The second-order valence-electron chi connectivity index (χ2n) is 5.35. The van der Waals surface area contributed by atoms with Crippen LogP contribution in [-0.2, 0) is 14.3 Å². The van der Waals surface area contributed by atoms with Gasteiger partial charge in [-0.3, -0.25) is 9.69 Å². The highest BCUT2D eigenvalue weighted by atomic mass is 79.9. The number of amides is 1. The summed E-state index contributed by atoms with van der Waals surface area (Å²) in [6, 6.07) is 3.45. The van der Waals surface area contributed by atoms with Gasteiger partial charge in [-0.25, -0.2) is 14.4 Å². The molecule has 1 saturated heterocycles. The minimum absolute atomic E-state index is 0.174. The number of hydrogen-bond acceptors (Lipinski definition) is 6. The lowest BCUT2D eigenvalue weighted by molar-refractivity contribution is -0.147. The average Bonchev–Trinajstić information content (AvgIpc) is 3.09. The fraction of sp³-hybridized carbons (Fsp3) is 0.375. The van der Waals surface area contributed by atoms with Crippen molar-refractivity contribution in [1.82, 2.24) is 4.90 Å².